The van der Waals surface area contributed by atoms with Gasteiger partial charge in [-0.15, -0.1) is 0 Å². The van der Waals surface area contributed by atoms with Gasteiger partial charge >= 0.3 is 0 Å². The second kappa shape index (κ2) is 11.5. The van der Waals surface area contributed by atoms with Gasteiger partial charge in [0.25, 0.3) is 5.91 Å². The Morgan fingerprint density at radius 1 is 1.18 bits per heavy atom. The van der Waals surface area contributed by atoms with Crippen molar-refractivity contribution in [3.8, 4) is 0 Å². The number of benzene rings is 2. The molecule has 6 nitrogen and oxygen atoms in total. The van der Waals surface area contributed by atoms with E-state index in [1.165, 1.54) is 24.3 Å². The highest BCUT2D eigenvalue weighted by Crippen LogP contribution is 2.43. The molecule has 1 saturated heterocycles. The number of carbonyl (C=O) groups is 1. The van der Waals surface area contributed by atoms with Crippen molar-refractivity contribution in [2.75, 3.05) is 26.0 Å². The maximum absolute atomic E-state index is 15.6. The Hall–Kier alpha value is -2.14. The van der Waals surface area contributed by atoms with E-state index in [1.807, 2.05) is 6.92 Å². The third kappa shape index (κ3) is 7.28. The van der Waals surface area contributed by atoms with E-state index >= 15 is 4.39 Å². The number of piperidine rings is 1. The normalized spacial score (nSPS) is 18.8. The lowest BCUT2D eigenvalue weighted by Gasteiger charge is -2.40. The molecule has 1 aliphatic carbocycles. The lowest BCUT2D eigenvalue weighted by Crippen LogP contribution is -2.45. The molecule has 0 aromatic heterocycles. The molecule has 1 saturated carbocycles. The number of ether oxygens (including phenoxy) is 1. The molecule has 2 aromatic carbocycles. The molecule has 1 unspecified atom stereocenters. The van der Waals surface area contributed by atoms with E-state index in [2.05, 4.69) is 4.90 Å². The predicted octanol–water partition coefficient (Wildman–Crippen LogP) is 5.66. The SMILES string of the molecule is CCC(c1cc(F)cc(Cl)c1)N1CCC(F)(COCc2cc(F)c(C(=O)NS(C)(=O)=O)cc2C2CC2)CC1. The van der Waals surface area contributed by atoms with Gasteiger partial charge in [0.2, 0.25) is 10.0 Å². The molecule has 1 amide bonds. The highest BCUT2D eigenvalue weighted by atomic mass is 35.5. The predicted molar refractivity (Wildman–Crippen MR) is 139 cm³/mol. The van der Waals surface area contributed by atoms with Crippen molar-refractivity contribution >= 4 is 27.5 Å². The van der Waals surface area contributed by atoms with Gasteiger partial charge in [0.05, 0.1) is 25.0 Å². The topological polar surface area (TPSA) is 75.7 Å². The summed E-state index contributed by atoms with van der Waals surface area (Å²) < 4.78 is 74.5. The summed E-state index contributed by atoms with van der Waals surface area (Å²) >= 11 is 6.03. The summed E-state index contributed by atoms with van der Waals surface area (Å²) in [5.74, 6) is -2.16. The van der Waals surface area contributed by atoms with E-state index in [-0.39, 0.29) is 43.6 Å². The molecular weight excluding hydrogens is 541 g/mol. The fourth-order valence-electron chi connectivity index (χ4n) is 5.12. The largest absolute Gasteiger partial charge is 0.373 e. The van der Waals surface area contributed by atoms with Crippen LogP contribution in [-0.4, -0.2) is 50.8 Å². The van der Waals surface area contributed by atoms with Gasteiger partial charge in [-0.2, -0.15) is 0 Å². The van der Waals surface area contributed by atoms with Gasteiger partial charge in [-0.3, -0.25) is 9.69 Å². The van der Waals surface area contributed by atoms with Crippen LogP contribution >= 0.6 is 11.6 Å². The van der Waals surface area contributed by atoms with E-state index in [0.717, 1.165) is 31.1 Å². The molecule has 38 heavy (non-hydrogen) atoms. The summed E-state index contributed by atoms with van der Waals surface area (Å²) in [6.07, 6.45) is 3.75. The lowest BCUT2D eigenvalue weighted by atomic mass is 9.91. The number of carbonyl (C=O) groups excluding carboxylic acids is 1. The minimum Gasteiger partial charge on any atom is -0.373 e. The summed E-state index contributed by atoms with van der Waals surface area (Å²) in [5.41, 5.74) is 0.106. The van der Waals surface area contributed by atoms with Crippen molar-refractivity contribution in [1.82, 2.24) is 9.62 Å². The molecule has 1 aliphatic heterocycles. The van der Waals surface area contributed by atoms with Crippen molar-refractivity contribution in [3.63, 3.8) is 0 Å². The number of amides is 1. The Balaban J connectivity index is 1.37. The second-order valence-electron chi connectivity index (χ2n) is 10.3. The van der Waals surface area contributed by atoms with Crippen molar-refractivity contribution in [3.05, 3.63) is 69.2 Å². The molecule has 1 heterocycles. The van der Waals surface area contributed by atoms with Crippen molar-refractivity contribution < 1.29 is 31.1 Å². The fraction of sp³-hybridized carbons (Fsp3) is 0.519. The first-order chi connectivity index (χ1) is 17.9. The van der Waals surface area contributed by atoms with Crippen LogP contribution < -0.4 is 4.72 Å². The highest BCUT2D eigenvalue weighted by Gasteiger charge is 2.37. The first-order valence-electron chi connectivity index (χ1n) is 12.7. The molecular formula is C27H32ClF3N2O4S. The summed E-state index contributed by atoms with van der Waals surface area (Å²) in [6.45, 7) is 2.75. The Labute approximate surface area is 226 Å². The Bertz CT molecular complexity index is 1280. The highest BCUT2D eigenvalue weighted by molar-refractivity contribution is 7.89. The lowest BCUT2D eigenvalue weighted by molar-refractivity contribution is -0.0383. The Kier molecular flexibility index (Phi) is 8.76. The second-order valence-corrected chi connectivity index (χ2v) is 12.5. The number of hydrogen-bond donors (Lipinski definition) is 1. The van der Waals surface area contributed by atoms with Crippen LogP contribution in [0.2, 0.25) is 5.02 Å². The van der Waals surface area contributed by atoms with Gasteiger partial charge in [-0.25, -0.2) is 26.3 Å². The van der Waals surface area contributed by atoms with Crippen LogP contribution in [0.15, 0.2) is 30.3 Å². The quantitative estimate of drug-likeness (QED) is 0.398. The molecule has 1 atom stereocenters. The fourth-order valence-corrected chi connectivity index (χ4v) is 5.80. The first kappa shape index (κ1) is 28.9. The number of halogens is 4. The summed E-state index contributed by atoms with van der Waals surface area (Å²) in [4.78, 5) is 14.4. The molecule has 2 aromatic rings. The molecule has 0 spiro atoms. The molecule has 4 rings (SSSR count). The van der Waals surface area contributed by atoms with Gasteiger partial charge < -0.3 is 4.74 Å². The number of nitrogens with zero attached hydrogens (tertiary/aromatic N) is 1. The van der Waals surface area contributed by atoms with Crippen molar-refractivity contribution in [2.24, 2.45) is 0 Å². The van der Waals surface area contributed by atoms with Crippen LogP contribution in [0.5, 0.6) is 0 Å². The summed E-state index contributed by atoms with van der Waals surface area (Å²) in [7, 11) is -3.84. The monoisotopic (exact) mass is 572 g/mol. The maximum atomic E-state index is 15.6. The number of nitrogens with one attached hydrogen (secondary N) is 1. The van der Waals surface area contributed by atoms with Gasteiger partial charge in [-0.1, -0.05) is 18.5 Å². The zero-order valence-electron chi connectivity index (χ0n) is 21.4. The molecule has 0 bridgehead atoms. The summed E-state index contributed by atoms with van der Waals surface area (Å²) in [6, 6.07) is 6.94. The van der Waals surface area contributed by atoms with Gasteiger partial charge in [-0.05, 0) is 85.0 Å². The van der Waals surface area contributed by atoms with E-state index in [4.69, 9.17) is 16.3 Å². The molecule has 11 heteroatoms. The minimum absolute atomic E-state index is 0.0223. The maximum Gasteiger partial charge on any atom is 0.267 e. The number of sulfonamides is 1. The van der Waals surface area contributed by atoms with E-state index in [0.29, 0.717) is 29.2 Å². The van der Waals surface area contributed by atoms with Crippen LogP contribution in [0.3, 0.4) is 0 Å². The minimum atomic E-state index is -3.84. The molecule has 1 N–H and O–H groups in total. The Morgan fingerprint density at radius 3 is 2.45 bits per heavy atom. The van der Waals surface area contributed by atoms with Crippen LogP contribution in [0.1, 0.15) is 78.0 Å². The zero-order valence-corrected chi connectivity index (χ0v) is 23.0. The Morgan fingerprint density at radius 2 is 1.87 bits per heavy atom. The van der Waals surface area contributed by atoms with Crippen LogP contribution in [0.25, 0.3) is 0 Å². The molecule has 208 valence electrons. The number of rotatable bonds is 10. The van der Waals surface area contributed by atoms with E-state index < -0.39 is 33.2 Å². The third-order valence-corrected chi connectivity index (χ3v) is 7.95. The number of alkyl halides is 1. The van der Waals surface area contributed by atoms with Gasteiger partial charge in [0.1, 0.15) is 17.3 Å². The number of likely N-dealkylation sites (tertiary alicyclic amines) is 1. The summed E-state index contributed by atoms with van der Waals surface area (Å²) in [5, 5.41) is 0.328. The van der Waals surface area contributed by atoms with Gasteiger partial charge in [0.15, 0.2) is 0 Å². The molecule has 0 radical (unpaired) electrons. The third-order valence-electron chi connectivity index (χ3n) is 7.18. The van der Waals surface area contributed by atoms with Crippen LogP contribution in [0.4, 0.5) is 13.2 Å². The van der Waals surface area contributed by atoms with Crippen molar-refractivity contribution in [1.29, 1.82) is 0 Å². The molecule has 2 fully saturated rings. The first-order valence-corrected chi connectivity index (χ1v) is 15.0. The molecule has 2 aliphatic rings. The average Bonchev–Trinajstić information content (AvgIpc) is 3.64. The van der Waals surface area contributed by atoms with Crippen LogP contribution in [-0.2, 0) is 21.4 Å². The zero-order chi connectivity index (χ0) is 27.7. The van der Waals surface area contributed by atoms with E-state index in [9.17, 15) is 22.0 Å². The average molecular weight is 573 g/mol. The van der Waals surface area contributed by atoms with E-state index in [1.54, 1.807) is 10.8 Å². The van der Waals surface area contributed by atoms with Gasteiger partial charge in [0, 0.05) is 24.2 Å². The smallest absolute Gasteiger partial charge is 0.267 e. The standard InChI is InChI=1S/C27H32ClF3N2O4S/c1-3-25(18-10-20(28)13-21(29)11-18)33-8-6-27(31,7-9-33)16-37-15-19-12-24(30)23(14-22(19)17-4-5-17)26(34)32-38(2,35)36/h10-14,17,25H,3-9,15-16H2,1-2H3,(H,32,34). The number of hydrogen-bond acceptors (Lipinski definition) is 5. The van der Waals surface area contributed by atoms with Crippen LogP contribution in [0, 0.1) is 11.6 Å². The van der Waals surface area contributed by atoms with Crippen molar-refractivity contribution in [2.45, 2.75) is 63.3 Å².